The molecular weight excluding hydrogens is 352 g/mol. The summed E-state index contributed by atoms with van der Waals surface area (Å²) in [5, 5.41) is 9.36. The van der Waals surface area contributed by atoms with E-state index in [4.69, 9.17) is 9.51 Å². The molecule has 1 aliphatic rings. The number of benzene rings is 1. The second-order valence-electron chi connectivity index (χ2n) is 6.17. The van der Waals surface area contributed by atoms with E-state index in [1.54, 1.807) is 22.7 Å². The number of thiophene rings is 1. The predicted octanol–water partition coefficient (Wildman–Crippen LogP) is 4.74. The van der Waals surface area contributed by atoms with E-state index < -0.39 is 0 Å². The van der Waals surface area contributed by atoms with Gasteiger partial charge in [-0.2, -0.15) is 16.3 Å². The molecule has 1 fully saturated rings. The Bertz CT molecular complexity index is 959. The minimum Gasteiger partial charge on any atom is -0.338 e. The van der Waals surface area contributed by atoms with E-state index >= 15 is 0 Å². The fraction of sp³-hybridized carbons (Fsp3) is 0.278. The SMILES string of the molecule is c1ccc2sc([C@@H]3CCCN3Cc3nc(-c4ccsc4)no3)nc2c1. The van der Waals surface area contributed by atoms with E-state index in [2.05, 4.69) is 33.2 Å². The number of hydrogen-bond donors (Lipinski definition) is 0. The maximum atomic E-state index is 5.48. The summed E-state index contributed by atoms with van der Waals surface area (Å²) < 4.78 is 6.73. The molecule has 1 aliphatic heterocycles. The molecule has 0 amide bonds. The average molecular weight is 368 g/mol. The van der Waals surface area contributed by atoms with Crippen LogP contribution >= 0.6 is 22.7 Å². The Morgan fingerprint density at radius 3 is 3.04 bits per heavy atom. The molecule has 3 aromatic heterocycles. The summed E-state index contributed by atoms with van der Waals surface area (Å²) in [4.78, 5) is 11.8. The lowest BCUT2D eigenvalue weighted by Gasteiger charge is -2.20. The monoisotopic (exact) mass is 368 g/mol. The molecule has 0 saturated carbocycles. The standard InChI is InChI=1S/C18H16N4OS2/c1-2-6-15-13(4-1)19-18(25-15)14-5-3-8-22(14)10-16-20-17(21-23-16)12-7-9-24-11-12/h1-2,4,6-7,9,11,14H,3,5,8,10H2/t14-/m0/s1. The second kappa shape index (κ2) is 6.33. The van der Waals surface area contributed by atoms with E-state index in [9.17, 15) is 0 Å². The number of hydrogen-bond acceptors (Lipinski definition) is 7. The van der Waals surface area contributed by atoms with Gasteiger partial charge >= 0.3 is 0 Å². The Kier molecular flexibility index (Phi) is 3.84. The minimum atomic E-state index is 0.342. The molecule has 0 aliphatic carbocycles. The summed E-state index contributed by atoms with van der Waals surface area (Å²) in [5.41, 5.74) is 2.11. The van der Waals surface area contributed by atoms with Crippen molar-refractivity contribution in [3.63, 3.8) is 0 Å². The number of fused-ring (bicyclic) bond motifs is 1. The van der Waals surface area contributed by atoms with Crippen LogP contribution in [-0.4, -0.2) is 26.6 Å². The van der Waals surface area contributed by atoms with E-state index in [-0.39, 0.29) is 0 Å². The summed E-state index contributed by atoms with van der Waals surface area (Å²) >= 11 is 3.43. The quantitative estimate of drug-likeness (QED) is 0.520. The van der Waals surface area contributed by atoms with Crippen molar-refractivity contribution in [2.45, 2.75) is 25.4 Å². The summed E-state index contributed by atoms with van der Waals surface area (Å²) in [5.74, 6) is 1.35. The smallest absolute Gasteiger partial charge is 0.241 e. The Labute approximate surface area is 152 Å². The molecule has 4 aromatic rings. The highest BCUT2D eigenvalue weighted by molar-refractivity contribution is 7.18. The van der Waals surface area contributed by atoms with Crippen LogP contribution in [0.25, 0.3) is 21.6 Å². The van der Waals surface area contributed by atoms with Crippen LogP contribution in [0.3, 0.4) is 0 Å². The van der Waals surface area contributed by atoms with Gasteiger partial charge in [0.15, 0.2) is 0 Å². The summed E-state index contributed by atoms with van der Waals surface area (Å²) in [6.45, 7) is 1.72. The number of aromatic nitrogens is 3. The fourth-order valence-corrected chi connectivity index (χ4v) is 5.10. The number of rotatable bonds is 4. The molecule has 4 heterocycles. The Morgan fingerprint density at radius 1 is 1.20 bits per heavy atom. The highest BCUT2D eigenvalue weighted by Gasteiger charge is 2.30. The van der Waals surface area contributed by atoms with Crippen LogP contribution < -0.4 is 0 Å². The minimum absolute atomic E-state index is 0.342. The maximum Gasteiger partial charge on any atom is 0.241 e. The van der Waals surface area contributed by atoms with E-state index in [0.29, 0.717) is 24.3 Å². The van der Waals surface area contributed by atoms with Gasteiger partial charge in [0.05, 0.1) is 22.8 Å². The van der Waals surface area contributed by atoms with Crippen molar-refractivity contribution in [2.75, 3.05) is 6.54 Å². The van der Waals surface area contributed by atoms with Crippen LogP contribution in [-0.2, 0) is 6.54 Å². The number of thiazole rings is 1. The summed E-state index contributed by atoms with van der Waals surface area (Å²) in [7, 11) is 0. The lowest BCUT2D eigenvalue weighted by molar-refractivity contribution is 0.212. The van der Waals surface area contributed by atoms with Crippen LogP contribution in [0.1, 0.15) is 29.8 Å². The third-order valence-corrected chi connectivity index (χ3v) is 6.37. The van der Waals surface area contributed by atoms with Crippen LogP contribution in [0.5, 0.6) is 0 Å². The molecule has 7 heteroatoms. The van der Waals surface area contributed by atoms with Gasteiger partial charge in [-0.3, -0.25) is 4.90 Å². The summed E-state index contributed by atoms with van der Waals surface area (Å²) in [6.07, 6.45) is 2.30. The van der Waals surface area contributed by atoms with E-state index in [0.717, 1.165) is 24.0 Å². The van der Waals surface area contributed by atoms with Crippen molar-refractivity contribution in [1.82, 2.24) is 20.0 Å². The first-order valence-electron chi connectivity index (χ1n) is 8.31. The fourth-order valence-electron chi connectivity index (χ4n) is 3.33. The van der Waals surface area contributed by atoms with Crippen LogP contribution in [0.2, 0.25) is 0 Å². The lowest BCUT2D eigenvalue weighted by Crippen LogP contribution is -2.22. The first kappa shape index (κ1) is 15.2. The lowest BCUT2D eigenvalue weighted by atomic mass is 10.2. The van der Waals surface area contributed by atoms with Gasteiger partial charge in [0.2, 0.25) is 11.7 Å². The molecule has 1 aromatic carbocycles. The zero-order chi connectivity index (χ0) is 16.6. The second-order valence-corrected chi connectivity index (χ2v) is 8.01. The highest BCUT2D eigenvalue weighted by atomic mass is 32.1. The molecule has 0 spiro atoms. The zero-order valence-electron chi connectivity index (χ0n) is 13.5. The van der Waals surface area contributed by atoms with Gasteiger partial charge in [-0.05, 0) is 43.0 Å². The van der Waals surface area contributed by atoms with E-state index in [1.807, 2.05) is 22.9 Å². The highest BCUT2D eigenvalue weighted by Crippen LogP contribution is 2.37. The van der Waals surface area contributed by atoms with Gasteiger partial charge in [0.25, 0.3) is 0 Å². The van der Waals surface area contributed by atoms with Crippen molar-refractivity contribution in [2.24, 2.45) is 0 Å². The van der Waals surface area contributed by atoms with Crippen molar-refractivity contribution in [3.8, 4) is 11.4 Å². The molecule has 0 unspecified atom stereocenters. The van der Waals surface area contributed by atoms with Crippen LogP contribution in [0, 0.1) is 0 Å². The first-order chi connectivity index (χ1) is 12.4. The Balaban J connectivity index is 1.38. The Hall–Kier alpha value is -2.09. The summed E-state index contributed by atoms with van der Waals surface area (Å²) in [6, 6.07) is 10.7. The molecule has 1 atom stereocenters. The molecule has 0 N–H and O–H groups in total. The average Bonchev–Trinajstić information content (AvgIpc) is 3.41. The topological polar surface area (TPSA) is 55.1 Å². The van der Waals surface area contributed by atoms with Gasteiger partial charge in [-0.1, -0.05) is 17.3 Å². The predicted molar refractivity (Wildman–Crippen MR) is 99.6 cm³/mol. The van der Waals surface area contributed by atoms with Gasteiger partial charge < -0.3 is 4.52 Å². The van der Waals surface area contributed by atoms with Crippen molar-refractivity contribution >= 4 is 32.9 Å². The molecule has 25 heavy (non-hydrogen) atoms. The number of likely N-dealkylation sites (tertiary alicyclic amines) is 1. The molecule has 0 radical (unpaired) electrons. The normalized spacial score (nSPS) is 18.3. The zero-order valence-corrected chi connectivity index (χ0v) is 15.1. The van der Waals surface area contributed by atoms with Crippen molar-refractivity contribution in [3.05, 3.63) is 52.0 Å². The van der Waals surface area contributed by atoms with Gasteiger partial charge in [-0.15, -0.1) is 11.3 Å². The molecule has 1 saturated heterocycles. The van der Waals surface area contributed by atoms with Crippen molar-refractivity contribution < 1.29 is 4.52 Å². The van der Waals surface area contributed by atoms with Crippen LogP contribution in [0.15, 0.2) is 45.6 Å². The third-order valence-electron chi connectivity index (χ3n) is 4.54. The maximum absolute atomic E-state index is 5.48. The molecule has 5 rings (SSSR count). The molecular formula is C18H16N4OS2. The van der Waals surface area contributed by atoms with Crippen LogP contribution in [0.4, 0.5) is 0 Å². The number of nitrogens with zero attached hydrogens (tertiary/aromatic N) is 4. The van der Waals surface area contributed by atoms with Crippen molar-refractivity contribution in [1.29, 1.82) is 0 Å². The van der Waals surface area contributed by atoms with Gasteiger partial charge in [-0.25, -0.2) is 4.98 Å². The number of para-hydroxylation sites is 1. The largest absolute Gasteiger partial charge is 0.338 e. The van der Waals surface area contributed by atoms with Gasteiger partial charge in [0, 0.05) is 10.9 Å². The van der Waals surface area contributed by atoms with Gasteiger partial charge in [0.1, 0.15) is 5.01 Å². The molecule has 126 valence electrons. The Morgan fingerprint density at radius 2 is 2.16 bits per heavy atom. The third kappa shape index (κ3) is 2.88. The molecule has 5 nitrogen and oxygen atoms in total. The van der Waals surface area contributed by atoms with E-state index in [1.165, 1.54) is 16.1 Å². The molecule has 0 bridgehead atoms. The first-order valence-corrected chi connectivity index (χ1v) is 10.1.